The largest absolute Gasteiger partial charge is 0.416 e. The van der Waals surface area contributed by atoms with Crippen LogP contribution in [0.15, 0.2) is 30.9 Å². The van der Waals surface area contributed by atoms with E-state index in [1.165, 1.54) is 12.1 Å². The molecule has 1 aromatic rings. The average molecular weight is 406 g/mol. The second-order valence-electron chi connectivity index (χ2n) is 5.40. The first-order valence-electron chi connectivity index (χ1n) is 7.36. The van der Waals surface area contributed by atoms with Crippen molar-refractivity contribution in [3.05, 3.63) is 47.0 Å². The number of halogens is 6. The molecule has 0 radical (unpaired) electrons. The maximum Gasteiger partial charge on any atom is 0.416 e. The van der Waals surface area contributed by atoms with Crippen molar-refractivity contribution in [1.82, 2.24) is 10.2 Å². The predicted molar refractivity (Wildman–Crippen MR) is 97.6 cm³/mol. The van der Waals surface area contributed by atoms with Gasteiger partial charge in [-0.1, -0.05) is 17.7 Å². The highest BCUT2D eigenvalue weighted by molar-refractivity contribution is 6.31. The molecule has 2 rings (SSSR count). The number of benzene rings is 1. The van der Waals surface area contributed by atoms with Crippen LogP contribution in [-0.4, -0.2) is 31.1 Å². The molecule has 8 heteroatoms. The zero-order valence-corrected chi connectivity index (χ0v) is 15.5. The van der Waals surface area contributed by atoms with Crippen molar-refractivity contribution in [2.24, 2.45) is 0 Å². The van der Waals surface area contributed by atoms with Gasteiger partial charge in [0.2, 0.25) is 0 Å². The summed E-state index contributed by atoms with van der Waals surface area (Å²) in [5.74, 6) is 0. The molecular weight excluding hydrogens is 384 g/mol. The Kier molecular flexibility index (Phi) is 10.3. The van der Waals surface area contributed by atoms with Crippen LogP contribution in [0.25, 0.3) is 0 Å². The van der Waals surface area contributed by atoms with E-state index in [0.717, 1.165) is 38.7 Å². The number of hydrogen-bond acceptors (Lipinski definition) is 2. The molecular formula is C16H22Cl3F3N2. The maximum absolute atomic E-state index is 13.0. The van der Waals surface area contributed by atoms with E-state index in [9.17, 15) is 13.2 Å². The summed E-state index contributed by atoms with van der Waals surface area (Å²) < 4.78 is 38.9. The molecule has 0 aliphatic carbocycles. The van der Waals surface area contributed by atoms with Crippen LogP contribution in [0.5, 0.6) is 0 Å². The molecule has 0 spiro atoms. The second kappa shape index (κ2) is 10.5. The third kappa shape index (κ3) is 6.12. The van der Waals surface area contributed by atoms with Crippen molar-refractivity contribution in [3.63, 3.8) is 0 Å². The van der Waals surface area contributed by atoms with Gasteiger partial charge in [-0.15, -0.1) is 31.4 Å². The molecule has 0 unspecified atom stereocenters. The molecule has 1 aromatic carbocycles. The summed E-state index contributed by atoms with van der Waals surface area (Å²) in [6, 6.07) is 3.46. The van der Waals surface area contributed by atoms with E-state index in [4.69, 9.17) is 11.6 Å². The Morgan fingerprint density at radius 3 is 2.42 bits per heavy atom. The standard InChI is InChI=1S/C16H20ClF3N2.2ClH/c1-2-3-4-15(22-9-7-21-8-10-22)13-11-12(16(18,19)20)5-6-14(13)17;;/h2,5-6,11,15,21H,1,3-4,7-10H2;2*1H/t15-;;/m0../s1. The summed E-state index contributed by atoms with van der Waals surface area (Å²) in [6.45, 7) is 6.98. The molecule has 1 atom stereocenters. The van der Waals surface area contributed by atoms with Gasteiger partial charge >= 0.3 is 6.18 Å². The lowest BCUT2D eigenvalue weighted by Crippen LogP contribution is -2.45. The normalized spacial score (nSPS) is 16.7. The highest BCUT2D eigenvalue weighted by Gasteiger charge is 2.32. The summed E-state index contributed by atoms with van der Waals surface area (Å²) in [4.78, 5) is 2.20. The first-order valence-corrected chi connectivity index (χ1v) is 7.73. The Morgan fingerprint density at radius 1 is 1.25 bits per heavy atom. The lowest BCUT2D eigenvalue weighted by molar-refractivity contribution is -0.137. The topological polar surface area (TPSA) is 15.3 Å². The molecule has 0 bridgehead atoms. The Balaban J connectivity index is 0.00000264. The van der Waals surface area contributed by atoms with Crippen LogP contribution in [0.4, 0.5) is 13.2 Å². The van der Waals surface area contributed by atoms with E-state index in [1.54, 1.807) is 6.08 Å². The van der Waals surface area contributed by atoms with Gasteiger partial charge in [0.05, 0.1) is 5.56 Å². The van der Waals surface area contributed by atoms with Crippen molar-refractivity contribution in [3.8, 4) is 0 Å². The van der Waals surface area contributed by atoms with Gasteiger partial charge in [-0.3, -0.25) is 4.90 Å². The summed E-state index contributed by atoms with van der Waals surface area (Å²) in [6.07, 6.45) is -1.12. The van der Waals surface area contributed by atoms with E-state index < -0.39 is 11.7 Å². The Morgan fingerprint density at radius 2 is 1.88 bits per heavy atom. The number of hydrogen-bond donors (Lipinski definition) is 1. The fourth-order valence-corrected chi connectivity index (χ4v) is 3.02. The predicted octanol–water partition coefficient (Wildman–Crippen LogP) is 5.11. The molecule has 1 saturated heterocycles. The van der Waals surface area contributed by atoms with Gasteiger partial charge in [0.15, 0.2) is 0 Å². The average Bonchev–Trinajstić information content (AvgIpc) is 2.49. The number of nitrogens with zero attached hydrogens (tertiary/aromatic N) is 1. The highest BCUT2D eigenvalue weighted by Crippen LogP contribution is 2.37. The van der Waals surface area contributed by atoms with Gasteiger partial charge in [-0.05, 0) is 36.6 Å². The highest BCUT2D eigenvalue weighted by atomic mass is 35.5. The molecule has 0 amide bonds. The van der Waals surface area contributed by atoms with E-state index >= 15 is 0 Å². The summed E-state index contributed by atoms with van der Waals surface area (Å²) in [5, 5.41) is 3.64. The quantitative estimate of drug-likeness (QED) is 0.684. The van der Waals surface area contributed by atoms with Gasteiger partial charge in [0, 0.05) is 37.2 Å². The minimum Gasteiger partial charge on any atom is -0.314 e. The van der Waals surface area contributed by atoms with Crippen molar-refractivity contribution < 1.29 is 13.2 Å². The van der Waals surface area contributed by atoms with Crippen LogP contribution in [0.1, 0.15) is 30.0 Å². The molecule has 1 N–H and O–H groups in total. The van der Waals surface area contributed by atoms with Gasteiger partial charge in [-0.25, -0.2) is 0 Å². The third-order valence-corrected chi connectivity index (χ3v) is 4.26. The number of alkyl halides is 3. The fourth-order valence-electron chi connectivity index (χ4n) is 2.78. The van der Waals surface area contributed by atoms with E-state index in [1.807, 2.05) is 0 Å². The molecule has 24 heavy (non-hydrogen) atoms. The monoisotopic (exact) mass is 404 g/mol. The maximum atomic E-state index is 13.0. The van der Waals surface area contributed by atoms with Crippen LogP contribution in [0.2, 0.25) is 5.02 Å². The molecule has 1 heterocycles. The van der Waals surface area contributed by atoms with Crippen LogP contribution < -0.4 is 5.32 Å². The zero-order chi connectivity index (χ0) is 16.2. The molecule has 1 aliphatic rings. The minimum absolute atomic E-state index is 0. The van der Waals surface area contributed by atoms with E-state index in [-0.39, 0.29) is 30.9 Å². The van der Waals surface area contributed by atoms with Gasteiger partial charge < -0.3 is 5.32 Å². The smallest absolute Gasteiger partial charge is 0.314 e. The van der Waals surface area contributed by atoms with Crippen molar-refractivity contribution >= 4 is 36.4 Å². The lowest BCUT2D eigenvalue weighted by Gasteiger charge is -2.35. The molecule has 138 valence electrons. The number of nitrogens with one attached hydrogen (secondary N) is 1. The van der Waals surface area contributed by atoms with Crippen LogP contribution in [0.3, 0.4) is 0 Å². The molecule has 1 aliphatic heterocycles. The Labute approximate surface area is 158 Å². The van der Waals surface area contributed by atoms with Crippen LogP contribution >= 0.6 is 36.4 Å². The third-order valence-electron chi connectivity index (χ3n) is 3.92. The first-order chi connectivity index (χ1) is 10.4. The number of piperazine rings is 1. The summed E-state index contributed by atoms with van der Waals surface area (Å²) in [5.41, 5.74) is -0.0918. The second-order valence-corrected chi connectivity index (χ2v) is 5.81. The zero-order valence-electron chi connectivity index (χ0n) is 13.1. The van der Waals surface area contributed by atoms with Crippen LogP contribution in [0, 0.1) is 0 Å². The van der Waals surface area contributed by atoms with E-state index in [0.29, 0.717) is 17.0 Å². The van der Waals surface area contributed by atoms with Crippen LogP contribution in [-0.2, 0) is 6.18 Å². The van der Waals surface area contributed by atoms with Gasteiger partial charge in [-0.2, -0.15) is 13.2 Å². The Bertz CT molecular complexity index is 518. The summed E-state index contributed by atoms with van der Waals surface area (Å²) >= 11 is 6.20. The summed E-state index contributed by atoms with van der Waals surface area (Å²) in [7, 11) is 0. The fraction of sp³-hybridized carbons (Fsp3) is 0.500. The molecule has 0 aromatic heterocycles. The molecule has 0 saturated carbocycles. The molecule has 2 nitrogen and oxygen atoms in total. The van der Waals surface area contributed by atoms with Crippen molar-refractivity contribution in [1.29, 1.82) is 0 Å². The molecule has 1 fully saturated rings. The van der Waals surface area contributed by atoms with Gasteiger partial charge in [0.1, 0.15) is 0 Å². The minimum atomic E-state index is -4.36. The van der Waals surface area contributed by atoms with Gasteiger partial charge in [0.25, 0.3) is 0 Å². The number of allylic oxidation sites excluding steroid dienone is 1. The van der Waals surface area contributed by atoms with Crippen molar-refractivity contribution in [2.45, 2.75) is 25.1 Å². The van der Waals surface area contributed by atoms with Crippen molar-refractivity contribution in [2.75, 3.05) is 26.2 Å². The lowest BCUT2D eigenvalue weighted by atomic mass is 9.97. The Hall–Kier alpha value is -0.460. The first kappa shape index (κ1) is 23.5. The SMILES string of the molecule is C=CCC[C@@H](c1cc(C(F)(F)F)ccc1Cl)N1CCNCC1.Cl.Cl. The number of rotatable bonds is 5. The van der Waals surface area contributed by atoms with E-state index in [2.05, 4.69) is 16.8 Å².